The third kappa shape index (κ3) is 39.0. The van der Waals surface area contributed by atoms with E-state index in [0.717, 1.165) is 64.2 Å². The van der Waals surface area contributed by atoms with Crippen molar-refractivity contribution in [3.63, 3.8) is 0 Å². The quantitative estimate of drug-likeness (QED) is 0.0248. The first-order valence-electron chi connectivity index (χ1n) is 20.1. The summed E-state index contributed by atoms with van der Waals surface area (Å²) in [7, 11) is -4.42. The van der Waals surface area contributed by atoms with Crippen molar-refractivity contribution in [2.24, 2.45) is 0 Å². The van der Waals surface area contributed by atoms with Gasteiger partial charge in [0.2, 0.25) is 5.91 Å². The van der Waals surface area contributed by atoms with Crippen LogP contribution in [0.1, 0.15) is 168 Å². The number of carbonyl (C=O) groups is 2. The molecule has 2 unspecified atom stereocenters. The van der Waals surface area contributed by atoms with Gasteiger partial charge in [-0.15, -0.1) is 0 Å². The lowest BCUT2D eigenvalue weighted by atomic mass is 10.0. The SMILES string of the molecule is CC/C=C\C/C=C\C/C=C\C/C=C\CCCCC(=O)NCCOP(=O)(O)OCC(O)COC(=O)CCCCCCCCCCCCCCCCC. The van der Waals surface area contributed by atoms with Gasteiger partial charge >= 0.3 is 13.8 Å². The highest BCUT2D eigenvalue weighted by Crippen LogP contribution is 2.42. The number of carbonyl (C=O) groups excluding carboxylic acids is 2. The van der Waals surface area contributed by atoms with Gasteiger partial charge in [-0.05, 0) is 51.4 Å². The molecule has 0 aliphatic rings. The molecule has 3 N–H and O–H groups in total. The van der Waals surface area contributed by atoms with Crippen molar-refractivity contribution < 1.29 is 37.9 Å². The summed E-state index contributed by atoms with van der Waals surface area (Å²) in [6.07, 6.45) is 41.9. The minimum Gasteiger partial charge on any atom is -0.463 e. The molecule has 2 atom stereocenters. The molecule has 9 nitrogen and oxygen atoms in total. The third-order valence-electron chi connectivity index (χ3n) is 8.27. The van der Waals surface area contributed by atoms with Crippen LogP contribution >= 0.6 is 7.82 Å². The van der Waals surface area contributed by atoms with Gasteiger partial charge in [0.1, 0.15) is 12.7 Å². The maximum atomic E-state index is 12.1. The molecule has 10 heteroatoms. The standard InChI is InChI=1S/C41H74NO8P/c1-3-5-7-9-11-13-15-17-19-21-23-25-27-29-31-33-40(44)42-35-36-49-51(46,47)50-38-39(43)37-48-41(45)34-32-30-28-26-24-22-20-18-16-14-12-10-8-6-4-2/h5,7,11,13,17,19,23,25,39,43H,3-4,6,8-10,12,14-16,18,20-22,24,26-38H2,1-2H3,(H,42,44)(H,46,47)/b7-5-,13-11-,19-17-,25-23-. The molecular formula is C41H74NO8P. The molecule has 0 radical (unpaired) electrons. The van der Waals surface area contributed by atoms with E-state index in [1.165, 1.54) is 77.0 Å². The van der Waals surface area contributed by atoms with Gasteiger partial charge in [0.05, 0.1) is 13.2 Å². The van der Waals surface area contributed by atoms with Crippen molar-refractivity contribution in [2.75, 3.05) is 26.4 Å². The average Bonchev–Trinajstić information content (AvgIpc) is 3.11. The molecule has 0 rings (SSSR count). The molecule has 1 amide bonds. The summed E-state index contributed by atoms with van der Waals surface area (Å²) in [6.45, 7) is 3.38. The second-order valence-electron chi connectivity index (χ2n) is 13.2. The highest BCUT2D eigenvalue weighted by molar-refractivity contribution is 7.47. The molecule has 296 valence electrons. The summed E-state index contributed by atoms with van der Waals surface area (Å²) in [5, 5.41) is 12.6. The van der Waals surface area contributed by atoms with Gasteiger partial charge < -0.3 is 20.1 Å². The monoisotopic (exact) mass is 740 g/mol. The van der Waals surface area contributed by atoms with Crippen LogP contribution in [0, 0.1) is 0 Å². The number of nitrogens with one attached hydrogen (secondary N) is 1. The first kappa shape index (κ1) is 49.0. The second kappa shape index (κ2) is 37.7. The number of unbranched alkanes of at least 4 members (excludes halogenated alkanes) is 16. The number of aliphatic hydroxyl groups is 1. The minimum absolute atomic E-state index is 0.0586. The zero-order chi connectivity index (χ0) is 37.5. The normalized spacial score (nSPS) is 13.9. The number of phosphoric acid groups is 1. The van der Waals surface area contributed by atoms with E-state index in [0.29, 0.717) is 6.42 Å². The van der Waals surface area contributed by atoms with E-state index in [2.05, 4.69) is 67.8 Å². The molecule has 51 heavy (non-hydrogen) atoms. The molecule has 0 fully saturated rings. The molecule has 0 heterocycles. The van der Waals surface area contributed by atoms with Crippen LogP contribution in [0.4, 0.5) is 0 Å². The van der Waals surface area contributed by atoms with Crippen LogP contribution < -0.4 is 5.32 Å². The maximum absolute atomic E-state index is 12.1. The topological polar surface area (TPSA) is 131 Å². The molecule has 0 aliphatic heterocycles. The van der Waals surface area contributed by atoms with Crippen molar-refractivity contribution in [3.05, 3.63) is 48.6 Å². The van der Waals surface area contributed by atoms with E-state index >= 15 is 0 Å². The van der Waals surface area contributed by atoms with E-state index in [1.54, 1.807) is 0 Å². The Balaban J connectivity index is 3.67. The van der Waals surface area contributed by atoms with Crippen molar-refractivity contribution in [1.82, 2.24) is 5.32 Å². The fourth-order valence-electron chi connectivity index (χ4n) is 5.25. The number of allylic oxidation sites excluding steroid dienone is 8. The number of esters is 1. The van der Waals surface area contributed by atoms with Crippen LogP contribution in [-0.2, 0) is 27.9 Å². The van der Waals surface area contributed by atoms with Crippen LogP contribution in [0.5, 0.6) is 0 Å². The number of phosphoric ester groups is 1. The summed E-state index contributed by atoms with van der Waals surface area (Å²) >= 11 is 0. The Morgan fingerprint density at radius 3 is 1.67 bits per heavy atom. The molecule has 0 spiro atoms. The van der Waals surface area contributed by atoms with Crippen molar-refractivity contribution in [2.45, 2.75) is 174 Å². The predicted octanol–water partition coefficient (Wildman–Crippen LogP) is 10.8. The number of hydrogen-bond donors (Lipinski definition) is 3. The highest BCUT2D eigenvalue weighted by Gasteiger charge is 2.23. The van der Waals surface area contributed by atoms with Gasteiger partial charge in [-0.3, -0.25) is 18.6 Å². The summed E-state index contributed by atoms with van der Waals surface area (Å²) in [5.74, 6) is -0.559. The lowest BCUT2D eigenvalue weighted by Gasteiger charge is -2.15. The van der Waals surface area contributed by atoms with Crippen LogP contribution in [-0.4, -0.2) is 54.3 Å². The number of amides is 1. The van der Waals surface area contributed by atoms with E-state index < -0.39 is 26.5 Å². The largest absolute Gasteiger partial charge is 0.472 e. The number of ether oxygens (including phenoxy) is 1. The number of hydrogen-bond acceptors (Lipinski definition) is 7. The Hall–Kier alpha value is -2.03. The van der Waals surface area contributed by atoms with Crippen LogP contribution in [0.2, 0.25) is 0 Å². The fraction of sp³-hybridized carbons (Fsp3) is 0.756. The molecule has 0 saturated heterocycles. The molecule has 0 aromatic carbocycles. The minimum atomic E-state index is -4.42. The lowest BCUT2D eigenvalue weighted by molar-refractivity contribution is -0.147. The zero-order valence-electron chi connectivity index (χ0n) is 32.3. The van der Waals surface area contributed by atoms with Gasteiger partial charge in [-0.1, -0.05) is 152 Å². The Labute approximate surface area is 311 Å². The molecular weight excluding hydrogens is 665 g/mol. The van der Waals surface area contributed by atoms with Gasteiger partial charge in [-0.2, -0.15) is 0 Å². The summed E-state index contributed by atoms with van der Waals surface area (Å²) < 4.78 is 26.8. The van der Waals surface area contributed by atoms with Crippen LogP contribution in [0.15, 0.2) is 48.6 Å². The zero-order valence-corrected chi connectivity index (χ0v) is 33.2. The number of rotatable bonds is 37. The van der Waals surface area contributed by atoms with Gasteiger partial charge in [0, 0.05) is 19.4 Å². The average molecular weight is 740 g/mol. The molecule has 0 saturated carbocycles. The van der Waals surface area contributed by atoms with Gasteiger partial charge in [0.25, 0.3) is 0 Å². The van der Waals surface area contributed by atoms with Crippen LogP contribution in [0.25, 0.3) is 0 Å². The van der Waals surface area contributed by atoms with E-state index in [9.17, 15) is 24.2 Å². The van der Waals surface area contributed by atoms with Gasteiger partial charge in [0.15, 0.2) is 0 Å². The summed E-state index contributed by atoms with van der Waals surface area (Å²) in [4.78, 5) is 33.8. The first-order valence-corrected chi connectivity index (χ1v) is 21.6. The summed E-state index contributed by atoms with van der Waals surface area (Å²) in [6, 6.07) is 0. The molecule has 0 aromatic heterocycles. The Morgan fingerprint density at radius 1 is 0.627 bits per heavy atom. The lowest BCUT2D eigenvalue weighted by Crippen LogP contribution is -2.27. The van der Waals surface area contributed by atoms with E-state index in [1.807, 2.05) is 0 Å². The maximum Gasteiger partial charge on any atom is 0.472 e. The smallest absolute Gasteiger partial charge is 0.463 e. The Kier molecular flexibility index (Phi) is 36.2. The molecule has 0 bridgehead atoms. The second-order valence-corrected chi connectivity index (χ2v) is 14.7. The Bertz CT molecular complexity index is 981. The molecule has 0 aliphatic carbocycles. The fourth-order valence-corrected chi connectivity index (χ4v) is 6.01. The van der Waals surface area contributed by atoms with Crippen LogP contribution in [0.3, 0.4) is 0 Å². The third-order valence-corrected chi connectivity index (χ3v) is 9.26. The predicted molar refractivity (Wildman–Crippen MR) is 210 cm³/mol. The van der Waals surface area contributed by atoms with Crippen molar-refractivity contribution >= 4 is 19.7 Å². The van der Waals surface area contributed by atoms with Crippen molar-refractivity contribution in [3.8, 4) is 0 Å². The van der Waals surface area contributed by atoms with Crippen molar-refractivity contribution in [1.29, 1.82) is 0 Å². The highest BCUT2D eigenvalue weighted by atomic mass is 31.2. The van der Waals surface area contributed by atoms with Gasteiger partial charge in [-0.25, -0.2) is 4.57 Å². The summed E-state index contributed by atoms with van der Waals surface area (Å²) in [5.41, 5.74) is 0. The molecule has 0 aromatic rings. The first-order chi connectivity index (χ1) is 24.8. The Morgan fingerprint density at radius 2 is 1.12 bits per heavy atom. The number of aliphatic hydroxyl groups excluding tert-OH is 1. The van der Waals surface area contributed by atoms with E-state index in [-0.39, 0.29) is 32.1 Å². The van der Waals surface area contributed by atoms with E-state index in [4.69, 9.17) is 13.8 Å².